The Bertz CT molecular complexity index is 735. The van der Waals surface area contributed by atoms with Crippen molar-refractivity contribution in [2.24, 2.45) is 5.92 Å². The van der Waals surface area contributed by atoms with Gasteiger partial charge in [-0.25, -0.2) is 4.79 Å². The van der Waals surface area contributed by atoms with E-state index in [1.165, 1.54) is 5.56 Å². The highest BCUT2D eigenvalue weighted by atomic mass is 16.2. The molecule has 1 aromatic carbocycles. The average Bonchev–Trinajstić information content (AvgIpc) is 2.93. The van der Waals surface area contributed by atoms with Gasteiger partial charge in [-0.1, -0.05) is 50.6 Å². The smallest absolute Gasteiger partial charge is 0.317 e. The van der Waals surface area contributed by atoms with E-state index in [-0.39, 0.29) is 29.2 Å². The number of likely N-dealkylation sites (tertiary alicyclic amines) is 1. The van der Waals surface area contributed by atoms with Crippen LogP contribution in [-0.4, -0.2) is 58.6 Å². The summed E-state index contributed by atoms with van der Waals surface area (Å²) < 4.78 is 0. The van der Waals surface area contributed by atoms with E-state index in [1.807, 2.05) is 43.9 Å². The summed E-state index contributed by atoms with van der Waals surface area (Å²) in [6.07, 6.45) is 3.27. The van der Waals surface area contributed by atoms with Crippen LogP contribution in [0.3, 0.4) is 0 Å². The molecule has 30 heavy (non-hydrogen) atoms. The van der Waals surface area contributed by atoms with Crippen LogP contribution in [0.4, 0.5) is 4.79 Å². The number of nitrogens with one attached hydrogen (secondary N) is 2. The van der Waals surface area contributed by atoms with E-state index in [9.17, 15) is 9.59 Å². The fourth-order valence-electron chi connectivity index (χ4n) is 4.45. The molecule has 6 heteroatoms. The van der Waals surface area contributed by atoms with Crippen molar-refractivity contribution in [2.75, 3.05) is 19.6 Å². The van der Waals surface area contributed by atoms with Crippen LogP contribution in [0.2, 0.25) is 0 Å². The minimum Gasteiger partial charge on any atom is -0.333 e. The molecule has 3 amide bonds. The number of rotatable bonds is 5. The van der Waals surface area contributed by atoms with Crippen molar-refractivity contribution in [2.45, 2.75) is 77.5 Å². The molecule has 3 rings (SSSR count). The molecule has 166 valence electrons. The van der Waals surface area contributed by atoms with Gasteiger partial charge in [0.05, 0.1) is 11.7 Å². The van der Waals surface area contributed by atoms with Crippen LogP contribution in [0, 0.1) is 5.92 Å². The van der Waals surface area contributed by atoms with Crippen LogP contribution in [-0.2, 0) is 11.2 Å². The number of carbonyl (C=O) groups excluding carboxylic acids is 2. The Kier molecular flexibility index (Phi) is 6.75. The van der Waals surface area contributed by atoms with Gasteiger partial charge in [0.1, 0.15) is 0 Å². The van der Waals surface area contributed by atoms with E-state index in [0.29, 0.717) is 25.4 Å². The lowest BCUT2D eigenvalue weighted by atomic mass is 9.94. The molecule has 2 atom stereocenters. The van der Waals surface area contributed by atoms with Gasteiger partial charge in [-0.2, -0.15) is 0 Å². The molecule has 2 saturated heterocycles. The average molecular weight is 415 g/mol. The molecule has 2 N–H and O–H groups in total. The summed E-state index contributed by atoms with van der Waals surface area (Å²) in [5.41, 5.74) is 0.571. The molecule has 0 radical (unpaired) electrons. The topological polar surface area (TPSA) is 64.7 Å². The van der Waals surface area contributed by atoms with Crippen molar-refractivity contribution in [3.05, 3.63) is 35.9 Å². The number of hydrogen-bond donors (Lipinski definition) is 2. The minimum absolute atomic E-state index is 0.0176. The molecule has 2 fully saturated rings. The lowest BCUT2D eigenvalue weighted by Crippen LogP contribution is -2.61. The van der Waals surface area contributed by atoms with Crippen molar-refractivity contribution in [1.29, 1.82) is 0 Å². The fraction of sp³-hybridized carbons (Fsp3) is 0.667. The largest absolute Gasteiger partial charge is 0.333 e. The number of amides is 3. The monoisotopic (exact) mass is 414 g/mol. The van der Waals surface area contributed by atoms with Crippen LogP contribution < -0.4 is 10.6 Å². The van der Waals surface area contributed by atoms with Gasteiger partial charge in [-0.05, 0) is 38.7 Å². The first kappa shape index (κ1) is 22.6. The molecule has 2 aliphatic heterocycles. The lowest BCUT2D eigenvalue weighted by Gasteiger charge is -2.45. The van der Waals surface area contributed by atoms with Gasteiger partial charge in [0.15, 0.2) is 0 Å². The summed E-state index contributed by atoms with van der Waals surface area (Å²) >= 11 is 0. The molecule has 0 aromatic heterocycles. The Labute approximate surface area is 181 Å². The summed E-state index contributed by atoms with van der Waals surface area (Å²) in [6, 6.07) is 9.99. The van der Waals surface area contributed by atoms with E-state index >= 15 is 0 Å². The van der Waals surface area contributed by atoms with E-state index in [4.69, 9.17) is 0 Å². The Hall–Kier alpha value is -2.08. The van der Waals surface area contributed by atoms with Gasteiger partial charge in [0, 0.05) is 38.0 Å². The second kappa shape index (κ2) is 8.96. The highest BCUT2D eigenvalue weighted by Gasteiger charge is 2.51. The SMILES string of the molecule is CC[C@@H](C)CN1C(=O)[C@H](Cc2ccccc2)NC12CCN(C(=O)NC(C)(C)C)CC2. The second-order valence-corrected chi connectivity index (χ2v) is 10.0. The van der Waals surface area contributed by atoms with Crippen molar-refractivity contribution >= 4 is 11.9 Å². The van der Waals surface area contributed by atoms with Crippen molar-refractivity contribution in [3.8, 4) is 0 Å². The third-order valence-electron chi connectivity index (χ3n) is 6.36. The summed E-state index contributed by atoms with van der Waals surface area (Å²) in [6.45, 7) is 12.4. The quantitative estimate of drug-likeness (QED) is 0.776. The van der Waals surface area contributed by atoms with E-state index in [2.05, 4.69) is 41.5 Å². The molecule has 0 aliphatic carbocycles. The molecule has 2 heterocycles. The van der Waals surface area contributed by atoms with Crippen molar-refractivity contribution in [1.82, 2.24) is 20.4 Å². The molecule has 0 unspecified atom stereocenters. The Balaban J connectivity index is 1.74. The number of piperidine rings is 1. The summed E-state index contributed by atoms with van der Waals surface area (Å²) in [4.78, 5) is 30.0. The van der Waals surface area contributed by atoms with Gasteiger partial charge >= 0.3 is 6.03 Å². The second-order valence-electron chi connectivity index (χ2n) is 10.0. The molecule has 1 spiro atoms. The predicted octanol–water partition coefficient (Wildman–Crippen LogP) is 3.38. The molecular formula is C24H38N4O2. The van der Waals surface area contributed by atoms with Gasteiger partial charge in [0.25, 0.3) is 0 Å². The molecule has 1 aromatic rings. The van der Waals surface area contributed by atoms with Gasteiger partial charge < -0.3 is 15.1 Å². The zero-order chi connectivity index (χ0) is 21.9. The molecule has 2 aliphatic rings. The summed E-state index contributed by atoms with van der Waals surface area (Å²) in [5.74, 6) is 0.650. The van der Waals surface area contributed by atoms with E-state index < -0.39 is 0 Å². The normalized spacial score (nSPS) is 22.4. The van der Waals surface area contributed by atoms with Gasteiger partial charge in [-0.15, -0.1) is 0 Å². The van der Waals surface area contributed by atoms with E-state index in [0.717, 1.165) is 25.8 Å². The first-order valence-corrected chi connectivity index (χ1v) is 11.3. The Morgan fingerprint density at radius 1 is 1.23 bits per heavy atom. The molecule has 0 saturated carbocycles. The molecule has 6 nitrogen and oxygen atoms in total. The maximum atomic E-state index is 13.4. The number of benzene rings is 1. The zero-order valence-corrected chi connectivity index (χ0v) is 19.2. The number of nitrogens with zero attached hydrogens (tertiary/aromatic N) is 2. The first-order chi connectivity index (χ1) is 14.1. The molecular weight excluding hydrogens is 376 g/mol. The third kappa shape index (κ3) is 5.15. The van der Waals surface area contributed by atoms with Gasteiger partial charge in [0.2, 0.25) is 5.91 Å². The van der Waals surface area contributed by atoms with Gasteiger partial charge in [-0.3, -0.25) is 10.1 Å². The highest BCUT2D eigenvalue weighted by Crippen LogP contribution is 2.34. The maximum absolute atomic E-state index is 13.4. The number of carbonyl (C=O) groups is 2. The van der Waals surface area contributed by atoms with Crippen LogP contribution >= 0.6 is 0 Å². The zero-order valence-electron chi connectivity index (χ0n) is 19.2. The lowest BCUT2D eigenvalue weighted by molar-refractivity contribution is -0.134. The minimum atomic E-state index is -0.349. The number of urea groups is 1. The Morgan fingerprint density at radius 2 is 1.87 bits per heavy atom. The highest BCUT2D eigenvalue weighted by molar-refractivity contribution is 5.85. The predicted molar refractivity (Wildman–Crippen MR) is 120 cm³/mol. The fourth-order valence-corrected chi connectivity index (χ4v) is 4.45. The summed E-state index contributed by atoms with van der Waals surface area (Å²) in [7, 11) is 0. The number of hydrogen-bond acceptors (Lipinski definition) is 3. The third-order valence-corrected chi connectivity index (χ3v) is 6.36. The van der Waals surface area contributed by atoms with Crippen LogP contribution in [0.25, 0.3) is 0 Å². The summed E-state index contributed by atoms with van der Waals surface area (Å²) in [5, 5.41) is 6.77. The maximum Gasteiger partial charge on any atom is 0.317 e. The van der Waals surface area contributed by atoms with Crippen molar-refractivity contribution < 1.29 is 9.59 Å². The van der Waals surface area contributed by atoms with Crippen molar-refractivity contribution in [3.63, 3.8) is 0 Å². The van der Waals surface area contributed by atoms with Crippen LogP contribution in [0.15, 0.2) is 30.3 Å². The first-order valence-electron chi connectivity index (χ1n) is 11.3. The van der Waals surface area contributed by atoms with E-state index in [1.54, 1.807) is 0 Å². The standard InChI is InChI=1S/C24H38N4O2/c1-6-18(2)17-28-21(29)20(16-19-10-8-7-9-11-19)25-24(28)12-14-27(15-13-24)22(30)26-23(3,4)5/h7-11,18,20,25H,6,12-17H2,1-5H3,(H,26,30)/t18-,20+/m1/s1. The molecule has 0 bridgehead atoms. The van der Waals surface area contributed by atoms with Crippen LogP contribution in [0.5, 0.6) is 0 Å². The van der Waals surface area contributed by atoms with Crippen LogP contribution in [0.1, 0.15) is 59.4 Å². The Morgan fingerprint density at radius 3 is 2.43 bits per heavy atom.